The summed E-state index contributed by atoms with van der Waals surface area (Å²) in [5, 5.41) is 3.59. The fourth-order valence-electron chi connectivity index (χ4n) is 2.98. The van der Waals surface area contributed by atoms with Gasteiger partial charge in [0.05, 0.1) is 10.7 Å². The summed E-state index contributed by atoms with van der Waals surface area (Å²) in [6.45, 7) is 4.42. The first-order chi connectivity index (χ1) is 12.9. The van der Waals surface area contributed by atoms with Gasteiger partial charge in [0, 0.05) is 29.5 Å². The maximum absolute atomic E-state index is 12.4. The van der Waals surface area contributed by atoms with Gasteiger partial charge in [0.2, 0.25) is 5.82 Å². The third kappa shape index (κ3) is 3.95. The Kier molecular flexibility index (Phi) is 5.75. The van der Waals surface area contributed by atoms with Crippen LogP contribution in [0.4, 0.5) is 5.69 Å². The fourth-order valence-corrected chi connectivity index (χ4v) is 3.45. The zero-order chi connectivity index (χ0) is 19.6. The number of hydrogen-bond donors (Lipinski definition) is 2. The number of nitrogens with zero attached hydrogens (tertiary/aromatic N) is 2. The van der Waals surface area contributed by atoms with Crippen molar-refractivity contribution in [2.45, 2.75) is 20.4 Å². The van der Waals surface area contributed by atoms with E-state index in [0.717, 1.165) is 27.8 Å². The Bertz CT molecular complexity index is 1010. The Morgan fingerprint density at radius 3 is 2.52 bits per heavy atom. The molecule has 0 aliphatic carbocycles. The summed E-state index contributed by atoms with van der Waals surface area (Å²) in [6.07, 6.45) is 3.00. The molecule has 3 N–H and O–H groups in total. The predicted molar refractivity (Wildman–Crippen MR) is 109 cm³/mol. The number of benzene rings is 2. The maximum Gasteiger partial charge on any atom is 0.293 e. The van der Waals surface area contributed by atoms with Crippen molar-refractivity contribution in [2.24, 2.45) is 5.73 Å². The molecule has 0 saturated carbocycles. The molecule has 0 aliphatic heterocycles. The highest BCUT2D eigenvalue weighted by Crippen LogP contribution is 2.40. The van der Waals surface area contributed by atoms with Gasteiger partial charge in [-0.15, -0.1) is 0 Å². The summed E-state index contributed by atoms with van der Waals surface area (Å²) < 4.78 is 0. The second-order valence-electron chi connectivity index (χ2n) is 6.09. The van der Waals surface area contributed by atoms with Gasteiger partial charge in [0.25, 0.3) is 5.91 Å². The standard InChI is InChI=1S/C20H18Cl2N4O/c1-11-4-5-13(10-23)12(2)17(11)15-8-14(21)9-16(18(15)22)26-20(27)19-24-6-3-7-25-19/h3-9H,10,23H2,1-2H3,(H,26,27). The van der Waals surface area contributed by atoms with Crippen LogP contribution >= 0.6 is 23.2 Å². The van der Waals surface area contributed by atoms with E-state index in [0.29, 0.717) is 22.3 Å². The minimum Gasteiger partial charge on any atom is -0.326 e. The Labute approximate surface area is 167 Å². The van der Waals surface area contributed by atoms with Gasteiger partial charge in [-0.05, 0) is 54.3 Å². The van der Waals surface area contributed by atoms with Crippen molar-refractivity contribution in [2.75, 3.05) is 5.32 Å². The molecule has 5 nitrogen and oxygen atoms in total. The molecule has 138 valence electrons. The Balaban J connectivity index is 2.09. The van der Waals surface area contributed by atoms with E-state index in [2.05, 4.69) is 15.3 Å². The van der Waals surface area contributed by atoms with Crippen LogP contribution in [0.3, 0.4) is 0 Å². The molecule has 3 aromatic rings. The SMILES string of the molecule is Cc1ccc(CN)c(C)c1-c1cc(Cl)cc(NC(=O)c2ncccn2)c1Cl. The maximum atomic E-state index is 12.4. The summed E-state index contributed by atoms with van der Waals surface area (Å²) >= 11 is 13.0. The van der Waals surface area contributed by atoms with Gasteiger partial charge in [-0.1, -0.05) is 35.3 Å². The normalized spacial score (nSPS) is 10.7. The lowest BCUT2D eigenvalue weighted by atomic mass is 9.92. The molecule has 0 aliphatic rings. The minimum absolute atomic E-state index is 0.0487. The van der Waals surface area contributed by atoms with Crippen LogP contribution in [0.2, 0.25) is 10.0 Å². The van der Waals surface area contributed by atoms with Crippen LogP contribution in [0.15, 0.2) is 42.7 Å². The van der Waals surface area contributed by atoms with Crippen molar-refractivity contribution < 1.29 is 4.79 Å². The molecule has 27 heavy (non-hydrogen) atoms. The Hall–Kier alpha value is -2.47. The topological polar surface area (TPSA) is 80.9 Å². The molecule has 1 heterocycles. The quantitative estimate of drug-likeness (QED) is 0.660. The molecule has 1 amide bonds. The number of anilines is 1. The van der Waals surface area contributed by atoms with E-state index in [-0.39, 0.29) is 5.82 Å². The minimum atomic E-state index is -0.463. The molecule has 0 unspecified atom stereocenters. The highest BCUT2D eigenvalue weighted by molar-refractivity contribution is 6.38. The molecule has 0 bridgehead atoms. The van der Waals surface area contributed by atoms with Crippen LogP contribution in [0, 0.1) is 13.8 Å². The molecule has 2 aromatic carbocycles. The number of nitrogens with one attached hydrogen (secondary N) is 1. The lowest BCUT2D eigenvalue weighted by Crippen LogP contribution is -2.15. The van der Waals surface area contributed by atoms with Crippen molar-refractivity contribution in [3.8, 4) is 11.1 Å². The zero-order valence-corrected chi connectivity index (χ0v) is 16.4. The van der Waals surface area contributed by atoms with Crippen molar-refractivity contribution >= 4 is 34.8 Å². The second kappa shape index (κ2) is 8.05. The highest BCUT2D eigenvalue weighted by Gasteiger charge is 2.18. The second-order valence-corrected chi connectivity index (χ2v) is 6.90. The number of aromatic nitrogens is 2. The first-order valence-electron chi connectivity index (χ1n) is 8.29. The molecule has 0 spiro atoms. The summed E-state index contributed by atoms with van der Waals surface area (Å²) in [5.74, 6) is -0.414. The number of hydrogen-bond acceptors (Lipinski definition) is 4. The smallest absolute Gasteiger partial charge is 0.293 e. The van der Waals surface area contributed by atoms with Crippen molar-refractivity contribution in [3.05, 3.63) is 75.3 Å². The van der Waals surface area contributed by atoms with Crippen LogP contribution in [0.25, 0.3) is 11.1 Å². The number of carbonyl (C=O) groups is 1. The molecule has 1 aromatic heterocycles. The molecule has 7 heteroatoms. The van der Waals surface area contributed by atoms with Crippen molar-refractivity contribution in [1.82, 2.24) is 9.97 Å². The average Bonchev–Trinajstić information content (AvgIpc) is 2.66. The van der Waals surface area contributed by atoms with E-state index >= 15 is 0 Å². The van der Waals surface area contributed by atoms with E-state index < -0.39 is 5.91 Å². The summed E-state index contributed by atoms with van der Waals surface area (Å²) in [5.41, 5.74) is 11.0. The van der Waals surface area contributed by atoms with E-state index in [9.17, 15) is 4.79 Å². The molecular weight excluding hydrogens is 383 g/mol. The van der Waals surface area contributed by atoms with Gasteiger partial charge < -0.3 is 11.1 Å². The third-order valence-corrected chi connectivity index (χ3v) is 4.95. The van der Waals surface area contributed by atoms with Gasteiger partial charge >= 0.3 is 0 Å². The number of amides is 1. The number of halogens is 2. The molecule has 0 fully saturated rings. The highest BCUT2D eigenvalue weighted by atomic mass is 35.5. The Morgan fingerprint density at radius 1 is 1.15 bits per heavy atom. The molecule has 3 rings (SSSR count). The van der Waals surface area contributed by atoms with Crippen LogP contribution in [0.5, 0.6) is 0 Å². The fraction of sp³-hybridized carbons (Fsp3) is 0.150. The molecular formula is C20H18Cl2N4O. The van der Waals surface area contributed by atoms with Gasteiger partial charge in [0.1, 0.15) is 0 Å². The monoisotopic (exact) mass is 400 g/mol. The van der Waals surface area contributed by atoms with E-state index in [4.69, 9.17) is 28.9 Å². The van der Waals surface area contributed by atoms with E-state index in [1.54, 1.807) is 18.2 Å². The first kappa shape index (κ1) is 19.3. The lowest BCUT2D eigenvalue weighted by Gasteiger charge is -2.17. The summed E-state index contributed by atoms with van der Waals surface area (Å²) in [4.78, 5) is 20.3. The Morgan fingerprint density at radius 2 is 1.85 bits per heavy atom. The van der Waals surface area contributed by atoms with Gasteiger partial charge in [-0.3, -0.25) is 4.79 Å². The van der Waals surface area contributed by atoms with Gasteiger partial charge in [-0.2, -0.15) is 0 Å². The van der Waals surface area contributed by atoms with Crippen LogP contribution in [-0.4, -0.2) is 15.9 Å². The van der Waals surface area contributed by atoms with E-state index in [1.165, 1.54) is 12.4 Å². The summed E-state index contributed by atoms with van der Waals surface area (Å²) in [6, 6.07) is 9.02. The largest absolute Gasteiger partial charge is 0.326 e. The summed E-state index contributed by atoms with van der Waals surface area (Å²) in [7, 11) is 0. The lowest BCUT2D eigenvalue weighted by molar-refractivity contribution is 0.101. The van der Waals surface area contributed by atoms with Crippen LogP contribution in [-0.2, 0) is 6.54 Å². The van der Waals surface area contributed by atoms with Crippen molar-refractivity contribution in [1.29, 1.82) is 0 Å². The number of aryl methyl sites for hydroxylation is 1. The third-order valence-electron chi connectivity index (χ3n) is 4.33. The number of nitrogens with two attached hydrogens (primary N) is 1. The van der Waals surface area contributed by atoms with Gasteiger partial charge in [-0.25, -0.2) is 9.97 Å². The van der Waals surface area contributed by atoms with Crippen LogP contribution in [0.1, 0.15) is 27.3 Å². The number of carbonyl (C=O) groups excluding carboxylic acids is 1. The number of rotatable bonds is 4. The average molecular weight is 401 g/mol. The molecule has 0 radical (unpaired) electrons. The van der Waals surface area contributed by atoms with Crippen molar-refractivity contribution in [3.63, 3.8) is 0 Å². The van der Waals surface area contributed by atoms with Crippen LogP contribution < -0.4 is 11.1 Å². The first-order valence-corrected chi connectivity index (χ1v) is 9.05. The molecule has 0 saturated heterocycles. The van der Waals surface area contributed by atoms with Gasteiger partial charge in [0.15, 0.2) is 0 Å². The molecule has 0 atom stereocenters. The zero-order valence-electron chi connectivity index (χ0n) is 14.9. The van der Waals surface area contributed by atoms with E-state index in [1.807, 2.05) is 26.0 Å². The predicted octanol–water partition coefficient (Wildman–Crippen LogP) is 4.78.